The normalized spacial score (nSPS) is 30.2. The average Bonchev–Trinajstić information content (AvgIpc) is 3.86. The van der Waals surface area contributed by atoms with E-state index >= 15 is 0 Å². The molecular weight excluding hydrogens is 474 g/mol. The second-order valence-electron chi connectivity index (χ2n) is 12.0. The molecule has 0 spiro atoms. The Morgan fingerprint density at radius 1 is 1.11 bits per heavy atom. The molecule has 0 amide bonds. The third kappa shape index (κ3) is 3.35. The molecule has 3 N–H and O–H groups in total. The number of nitrogens with one attached hydrogen (secondary N) is 1. The van der Waals surface area contributed by atoms with E-state index in [1.165, 1.54) is 24.7 Å². The van der Waals surface area contributed by atoms with E-state index in [9.17, 15) is 0 Å². The highest BCUT2D eigenvalue weighted by molar-refractivity contribution is 5.91. The quantitative estimate of drug-likeness (QED) is 0.287. The third-order valence-corrected chi connectivity index (χ3v) is 8.93. The molecule has 0 radical (unpaired) electrons. The maximum Gasteiger partial charge on any atom is 0.152 e. The number of hydrogen-bond donors (Lipinski definition) is 2. The highest BCUT2D eigenvalue weighted by Crippen LogP contribution is 2.62. The molecule has 8 rings (SSSR count). The number of benzene rings is 1. The molecule has 2 unspecified atom stereocenters. The first-order chi connectivity index (χ1) is 18.5. The van der Waals surface area contributed by atoms with Crippen LogP contribution in [0.4, 0.5) is 5.82 Å². The first-order valence-corrected chi connectivity index (χ1v) is 13.6. The van der Waals surface area contributed by atoms with Gasteiger partial charge in [-0.3, -0.25) is 10.00 Å². The molecule has 1 aromatic carbocycles. The second kappa shape index (κ2) is 7.68. The number of nitrogens with two attached hydrogens (primary N) is 1. The van der Waals surface area contributed by atoms with E-state index in [2.05, 4.69) is 74.4 Å². The molecule has 1 saturated heterocycles. The molecule has 3 aromatic heterocycles. The molecule has 38 heavy (non-hydrogen) atoms. The lowest BCUT2D eigenvalue weighted by Gasteiger charge is -2.52. The Morgan fingerprint density at radius 3 is 2.71 bits per heavy atom. The highest BCUT2D eigenvalue weighted by atomic mass is 16.6. The van der Waals surface area contributed by atoms with Gasteiger partial charge in [0.1, 0.15) is 24.2 Å². The third-order valence-electron chi connectivity index (χ3n) is 8.93. The predicted octanol–water partition coefficient (Wildman–Crippen LogP) is 4.32. The minimum atomic E-state index is -0.107. The van der Waals surface area contributed by atoms with Gasteiger partial charge in [0.2, 0.25) is 0 Å². The molecule has 2 atom stereocenters. The summed E-state index contributed by atoms with van der Waals surface area (Å²) in [6.45, 7) is 2.19. The van der Waals surface area contributed by atoms with E-state index in [0.717, 1.165) is 53.7 Å². The van der Waals surface area contributed by atoms with Crippen LogP contribution < -0.4 is 11.1 Å². The number of nitrogen functional groups attached to an aromatic ring is 1. The lowest BCUT2D eigenvalue weighted by molar-refractivity contribution is 0.0643. The summed E-state index contributed by atoms with van der Waals surface area (Å²) in [7, 11) is 0. The van der Waals surface area contributed by atoms with Gasteiger partial charge in [0.25, 0.3) is 0 Å². The van der Waals surface area contributed by atoms with Crippen molar-refractivity contribution in [2.24, 2.45) is 5.41 Å². The van der Waals surface area contributed by atoms with Gasteiger partial charge in [0.15, 0.2) is 5.82 Å². The zero-order valence-corrected chi connectivity index (χ0v) is 21.5. The van der Waals surface area contributed by atoms with Crippen molar-refractivity contribution in [1.82, 2.24) is 29.7 Å². The SMILES string of the molecule is C#CC1(C)CC(c2cccc(-c3cc(-c4ccnn4C4CC4)c4c(N)ncnn34)c2)(C2OC2NC2CC2)C1. The van der Waals surface area contributed by atoms with Crippen LogP contribution in [0.2, 0.25) is 0 Å². The monoisotopic (exact) mass is 505 g/mol. The fourth-order valence-corrected chi connectivity index (χ4v) is 6.75. The Bertz CT molecular complexity index is 1610. The molecule has 8 nitrogen and oxygen atoms in total. The smallest absolute Gasteiger partial charge is 0.152 e. The second-order valence-corrected chi connectivity index (χ2v) is 12.0. The molecular formula is C30H31N7O. The fourth-order valence-electron chi connectivity index (χ4n) is 6.75. The molecule has 3 saturated carbocycles. The number of hydrogen-bond acceptors (Lipinski definition) is 6. The largest absolute Gasteiger partial charge is 0.382 e. The molecule has 4 fully saturated rings. The molecule has 4 aliphatic rings. The van der Waals surface area contributed by atoms with Gasteiger partial charge in [-0.1, -0.05) is 18.2 Å². The number of fused-ring (bicyclic) bond motifs is 1. The molecule has 1 aliphatic heterocycles. The topological polar surface area (TPSA) is 98.6 Å². The summed E-state index contributed by atoms with van der Waals surface area (Å²) in [6.07, 6.45) is 16.2. The van der Waals surface area contributed by atoms with Crippen molar-refractivity contribution < 1.29 is 4.74 Å². The van der Waals surface area contributed by atoms with Crippen LogP contribution in [0, 0.1) is 17.8 Å². The van der Waals surface area contributed by atoms with Gasteiger partial charge in [-0.25, -0.2) is 9.50 Å². The molecule has 8 heteroatoms. The minimum Gasteiger partial charge on any atom is -0.382 e. The predicted molar refractivity (Wildman–Crippen MR) is 145 cm³/mol. The standard InChI is InChI=1S/C30H31N7O/c1-3-29(2)15-30(16-29,26-28(38-26)35-20-7-8-20)19-6-4-5-18(13-19)24-14-22(25-27(31)32-17-34-37(24)25)23-11-12-33-36(23)21-9-10-21/h1,4-6,11-14,17,20-21,26,28,35H,7-10,15-16H2,2H3,(H2,31,32,34). The maximum atomic E-state index is 6.44. The van der Waals surface area contributed by atoms with E-state index in [-0.39, 0.29) is 23.2 Å². The summed E-state index contributed by atoms with van der Waals surface area (Å²) in [4.78, 5) is 4.32. The summed E-state index contributed by atoms with van der Waals surface area (Å²) in [5.74, 6) is 3.51. The summed E-state index contributed by atoms with van der Waals surface area (Å²) in [5.41, 5.74) is 12.4. The van der Waals surface area contributed by atoms with E-state index in [0.29, 0.717) is 17.9 Å². The van der Waals surface area contributed by atoms with Crippen molar-refractivity contribution in [1.29, 1.82) is 0 Å². The average molecular weight is 506 g/mol. The van der Waals surface area contributed by atoms with Crippen LogP contribution in [0.15, 0.2) is 48.9 Å². The van der Waals surface area contributed by atoms with Crippen molar-refractivity contribution in [3.8, 4) is 34.9 Å². The number of anilines is 1. The van der Waals surface area contributed by atoms with Crippen LogP contribution in [0.3, 0.4) is 0 Å². The van der Waals surface area contributed by atoms with E-state index in [1.54, 1.807) is 0 Å². The van der Waals surface area contributed by atoms with Crippen LogP contribution >= 0.6 is 0 Å². The number of nitrogens with zero attached hydrogens (tertiary/aromatic N) is 5. The molecule has 192 valence electrons. The van der Waals surface area contributed by atoms with E-state index in [1.807, 2.05) is 10.7 Å². The molecule has 0 bridgehead atoms. The number of epoxide rings is 1. The Kier molecular flexibility index (Phi) is 4.52. The lowest BCUT2D eigenvalue weighted by atomic mass is 9.50. The van der Waals surface area contributed by atoms with Crippen LogP contribution in [0.5, 0.6) is 0 Å². The van der Waals surface area contributed by atoms with E-state index < -0.39 is 0 Å². The summed E-state index contributed by atoms with van der Waals surface area (Å²) < 4.78 is 10.3. The van der Waals surface area contributed by atoms with Gasteiger partial charge >= 0.3 is 0 Å². The van der Waals surface area contributed by atoms with Gasteiger partial charge < -0.3 is 10.5 Å². The van der Waals surface area contributed by atoms with Gasteiger partial charge in [0, 0.05) is 34.2 Å². The molecule has 4 heterocycles. The van der Waals surface area contributed by atoms with Crippen molar-refractivity contribution in [3.63, 3.8) is 0 Å². The zero-order valence-electron chi connectivity index (χ0n) is 21.5. The van der Waals surface area contributed by atoms with Crippen LogP contribution in [0.1, 0.15) is 57.1 Å². The van der Waals surface area contributed by atoms with Gasteiger partial charge in [-0.05, 0) is 69.2 Å². The number of aromatic nitrogens is 5. The van der Waals surface area contributed by atoms with Crippen LogP contribution in [-0.4, -0.2) is 42.8 Å². The van der Waals surface area contributed by atoms with Crippen molar-refractivity contribution in [2.45, 2.75) is 75.3 Å². The highest BCUT2D eigenvalue weighted by Gasteiger charge is 2.65. The minimum absolute atomic E-state index is 0.0990. The Labute approximate surface area is 221 Å². The molecule has 3 aliphatic carbocycles. The van der Waals surface area contributed by atoms with Crippen molar-refractivity contribution >= 4 is 11.3 Å². The fraction of sp³-hybridized carbons (Fsp3) is 0.433. The lowest BCUT2D eigenvalue weighted by Crippen LogP contribution is -2.52. The first kappa shape index (κ1) is 22.3. The summed E-state index contributed by atoms with van der Waals surface area (Å²) >= 11 is 0. The Balaban J connectivity index is 1.23. The van der Waals surface area contributed by atoms with Crippen LogP contribution in [0.25, 0.3) is 28.0 Å². The van der Waals surface area contributed by atoms with Crippen molar-refractivity contribution in [3.05, 3.63) is 54.5 Å². The van der Waals surface area contributed by atoms with Gasteiger partial charge in [-0.2, -0.15) is 10.2 Å². The first-order valence-electron chi connectivity index (χ1n) is 13.6. The van der Waals surface area contributed by atoms with Gasteiger partial charge in [-0.15, -0.1) is 12.3 Å². The Morgan fingerprint density at radius 2 is 1.95 bits per heavy atom. The summed E-state index contributed by atoms with van der Waals surface area (Å²) in [5, 5.41) is 12.9. The molecule has 4 aromatic rings. The maximum absolute atomic E-state index is 6.44. The number of ether oxygens (including phenoxy) is 1. The number of terminal acetylenes is 1. The van der Waals surface area contributed by atoms with Crippen LogP contribution in [-0.2, 0) is 10.2 Å². The van der Waals surface area contributed by atoms with Crippen molar-refractivity contribution in [2.75, 3.05) is 5.73 Å². The summed E-state index contributed by atoms with van der Waals surface area (Å²) in [6, 6.07) is 14.1. The number of rotatable bonds is 7. The van der Waals surface area contributed by atoms with E-state index in [4.69, 9.17) is 16.9 Å². The Hall–Kier alpha value is -3.67. The van der Waals surface area contributed by atoms with Gasteiger partial charge in [0.05, 0.1) is 17.4 Å². The zero-order chi connectivity index (χ0) is 25.6.